The number of nitroso groups, excluding NO2 is 1. The third-order valence-electron chi connectivity index (χ3n) is 1.52. The fraction of sp³-hybridized carbons (Fsp3) is 0.143. The minimum Gasteiger partial charge on any atom is -0.497 e. The van der Waals surface area contributed by atoms with Crippen LogP contribution in [-0.4, -0.2) is 19.2 Å². The Morgan fingerprint density at radius 2 is 2.17 bits per heavy atom. The van der Waals surface area contributed by atoms with Crippen molar-refractivity contribution in [2.75, 3.05) is 7.11 Å². The molecule has 0 bridgehead atoms. The Morgan fingerprint density at radius 1 is 1.50 bits per heavy atom. The van der Waals surface area contributed by atoms with Crippen LogP contribution in [0, 0.1) is 4.91 Å². The van der Waals surface area contributed by atoms with E-state index in [1.54, 1.807) is 24.3 Å². The van der Waals surface area contributed by atoms with Crippen LogP contribution in [0.2, 0.25) is 0 Å². The van der Waals surface area contributed by atoms with Crippen molar-refractivity contribution in [2.45, 2.75) is 0 Å². The average molecular weight is 165 g/mol. The fourth-order valence-corrected chi connectivity index (χ4v) is 0.937. The van der Waals surface area contributed by atoms with Gasteiger partial charge in [-0.25, -0.2) is 0 Å². The highest BCUT2D eigenvalue weighted by Gasteiger charge is 2.19. The lowest BCUT2D eigenvalue weighted by atomic mass is 9.75. The van der Waals surface area contributed by atoms with E-state index >= 15 is 0 Å². The molecule has 0 radical (unpaired) electrons. The Balaban J connectivity index is 3.04. The fourth-order valence-electron chi connectivity index (χ4n) is 0.937. The Labute approximate surface area is 70.3 Å². The van der Waals surface area contributed by atoms with Crippen molar-refractivity contribution in [3.05, 3.63) is 29.2 Å². The van der Waals surface area contributed by atoms with Gasteiger partial charge in [-0.2, -0.15) is 4.91 Å². The molecule has 62 valence electrons. The molecule has 0 aliphatic heterocycles. The Hall–Kier alpha value is -1.36. The minimum absolute atomic E-state index is 0.384. The standard InChI is InChI=1S/C7H8BNO3/c1-12-7-5-3-2-4-6(7)8(10)9-11/h2-5,10H,1H3. The number of hydrogen-bond acceptors (Lipinski definition) is 4. The molecular weight excluding hydrogens is 157 g/mol. The van der Waals surface area contributed by atoms with E-state index < -0.39 is 7.05 Å². The topological polar surface area (TPSA) is 58.9 Å². The lowest BCUT2D eigenvalue weighted by Crippen LogP contribution is -2.28. The smallest absolute Gasteiger partial charge is 0.497 e. The molecule has 1 N–H and O–H groups in total. The van der Waals surface area contributed by atoms with Crippen LogP contribution < -0.4 is 10.2 Å². The number of ether oxygens (including phenoxy) is 1. The zero-order valence-corrected chi connectivity index (χ0v) is 6.60. The van der Waals surface area contributed by atoms with Crippen LogP contribution in [0.4, 0.5) is 0 Å². The zero-order valence-electron chi connectivity index (χ0n) is 6.60. The van der Waals surface area contributed by atoms with Gasteiger partial charge in [0.05, 0.1) is 7.11 Å². The molecule has 0 unspecified atom stereocenters. The van der Waals surface area contributed by atoms with Gasteiger partial charge in [0.2, 0.25) is 0 Å². The highest BCUT2D eigenvalue weighted by atomic mass is 16.5. The van der Waals surface area contributed by atoms with Gasteiger partial charge in [-0.1, -0.05) is 23.3 Å². The SMILES string of the molecule is COc1ccccc1B(O)N=O. The van der Waals surface area contributed by atoms with Crippen LogP contribution in [0.25, 0.3) is 0 Å². The molecule has 0 fully saturated rings. The van der Waals surface area contributed by atoms with Gasteiger partial charge < -0.3 is 9.76 Å². The van der Waals surface area contributed by atoms with Crippen LogP contribution >= 0.6 is 0 Å². The van der Waals surface area contributed by atoms with Gasteiger partial charge in [-0.3, -0.25) is 0 Å². The molecule has 1 aromatic rings. The number of methoxy groups -OCH3 is 1. The summed E-state index contributed by atoms with van der Waals surface area (Å²) >= 11 is 0. The monoisotopic (exact) mass is 165 g/mol. The van der Waals surface area contributed by atoms with Crippen molar-refractivity contribution in [3.8, 4) is 5.75 Å². The van der Waals surface area contributed by atoms with E-state index in [1.165, 1.54) is 7.11 Å². The van der Waals surface area contributed by atoms with Gasteiger partial charge in [0, 0.05) is 5.46 Å². The molecule has 0 aliphatic carbocycles. The summed E-state index contributed by atoms with van der Waals surface area (Å²) in [7, 11) is 0.122. The van der Waals surface area contributed by atoms with E-state index in [9.17, 15) is 4.91 Å². The van der Waals surface area contributed by atoms with E-state index in [-0.39, 0.29) is 0 Å². The predicted molar refractivity (Wildman–Crippen MR) is 46.4 cm³/mol. The summed E-state index contributed by atoms with van der Waals surface area (Å²) in [6.45, 7) is 0. The van der Waals surface area contributed by atoms with Gasteiger partial charge in [-0.15, -0.1) is 0 Å². The summed E-state index contributed by atoms with van der Waals surface area (Å²) in [6, 6.07) is 6.70. The van der Waals surface area contributed by atoms with E-state index in [0.717, 1.165) is 0 Å². The molecule has 0 saturated carbocycles. The van der Waals surface area contributed by atoms with Gasteiger partial charge in [0.1, 0.15) is 5.75 Å². The number of hydrogen-bond donors (Lipinski definition) is 1. The van der Waals surface area contributed by atoms with Gasteiger partial charge >= 0.3 is 7.05 Å². The average Bonchev–Trinajstić information content (AvgIpc) is 2.16. The van der Waals surface area contributed by atoms with Gasteiger partial charge in [0.15, 0.2) is 0 Å². The van der Waals surface area contributed by atoms with Crippen LogP contribution in [0.1, 0.15) is 0 Å². The van der Waals surface area contributed by atoms with Crippen molar-refractivity contribution >= 4 is 12.5 Å². The largest absolute Gasteiger partial charge is 0.521 e. The Kier molecular flexibility index (Phi) is 2.82. The van der Waals surface area contributed by atoms with E-state index in [1.807, 2.05) is 0 Å². The molecule has 0 aromatic heterocycles. The summed E-state index contributed by atoms with van der Waals surface area (Å²) < 4.78 is 4.91. The third kappa shape index (κ3) is 1.62. The molecule has 1 rings (SSSR count). The van der Waals surface area contributed by atoms with E-state index in [0.29, 0.717) is 11.2 Å². The summed E-state index contributed by atoms with van der Waals surface area (Å²) in [5.74, 6) is 0.463. The first-order valence-electron chi connectivity index (χ1n) is 3.43. The van der Waals surface area contributed by atoms with Crippen molar-refractivity contribution in [3.63, 3.8) is 0 Å². The van der Waals surface area contributed by atoms with E-state index in [2.05, 4.69) is 5.09 Å². The Morgan fingerprint density at radius 3 is 2.75 bits per heavy atom. The van der Waals surface area contributed by atoms with E-state index in [4.69, 9.17) is 9.76 Å². The minimum atomic E-state index is -1.35. The van der Waals surface area contributed by atoms with Crippen LogP contribution in [0.15, 0.2) is 29.4 Å². The second kappa shape index (κ2) is 3.87. The molecular formula is C7H8BNO3. The molecule has 0 spiro atoms. The van der Waals surface area contributed by atoms with Crippen LogP contribution in [0.3, 0.4) is 0 Å². The lowest BCUT2D eigenvalue weighted by Gasteiger charge is -2.04. The lowest BCUT2D eigenvalue weighted by molar-refractivity contribution is 0.417. The normalized spacial score (nSPS) is 9.17. The molecule has 0 atom stereocenters. The number of rotatable bonds is 3. The summed E-state index contributed by atoms with van der Waals surface area (Å²) in [4.78, 5) is 10.0. The highest BCUT2D eigenvalue weighted by Crippen LogP contribution is 2.06. The molecule has 4 nitrogen and oxygen atoms in total. The molecule has 0 saturated heterocycles. The maximum atomic E-state index is 10.0. The number of nitrogens with zero attached hydrogens (tertiary/aromatic N) is 1. The second-order valence-corrected chi connectivity index (χ2v) is 2.22. The van der Waals surface area contributed by atoms with Crippen molar-refractivity contribution in [2.24, 2.45) is 5.09 Å². The summed E-state index contributed by atoms with van der Waals surface area (Å²) in [6.07, 6.45) is 0. The molecule has 5 heteroatoms. The first kappa shape index (κ1) is 8.74. The van der Waals surface area contributed by atoms with Crippen LogP contribution in [-0.2, 0) is 0 Å². The van der Waals surface area contributed by atoms with Crippen molar-refractivity contribution < 1.29 is 9.76 Å². The molecule has 1 aromatic carbocycles. The third-order valence-corrected chi connectivity index (χ3v) is 1.52. The second-order valence-electron chi connectivity index (χ2n) is 2.22. The number of para-hydroxylation sites is 1. The van der Waals surface area contributed by atoms with Gasteiger partial charge in [0.25, 0.3) is 0 Å². The van der Waals surface area contributed by atoms with Crippen molar-refractivity contribution in [1.29, 1.82) is 0 Å². The Bertz CT molecular complexity index is 279. The van der Waals surface area contributed by atoms with Crippen molar-refractivity contribution in [1.82, 2.24) is 0 Å². The maximum Gasteiger partial charge on any atom is 0.521 e. The quantitative estimate of drug-likeness (QED) is 0.512. The molecule has 0 aliphatic rings. The van der Waals surface area contributed by atoms with Crippen LogP contribution in [0.5, 0.6) is 5.75 Å². The zero-order chi connectivity index (χ0) is 8.97. The van der Waals surface area contributed by atoms with Gasteiger partial charge in [-0.05, 0) is 6.07 Å². The molecule has 0 heterocycles. The predicted octanol–water partition coefficient (Wildman–Crippen LogP) is 0.149. The number of benzene rings is 1. The summed E-state index contributed by atoms with van der Waals surface area (Å²) in [5.41, 5.74) is 0.384. The maximum absolute atomic E-state index is 10.0. The first-order chi connectivity index (χ1) is 5.79. The summed E-state index contributed by atoms with van der Waals surface area (Å²) in [5, 5.41) is 11.6. The highest BCUT2D eigenvalue weighted by molar-refractivity contribution is 6.65. The molecule has 12 heavy (non-hydrogen) atoms. The molecule has 0 amide bonds. The first-order valence-corrected chi connectivity index (χ1v) is 3.43.